The van der Waals surface area contributed by atoms with Gasteiger partial charge in [0.1, 0.15) is 19.5 Å². The third kappa shape index (κ3) is 7.28. The lowest BCUT2D eigenvalue weighted by molar-refractivity contribution is 0.252. The zero-order valence-corrected chi connectivity index (χ0v) is 28.8. The minimum Gasteiger partial charge on any atom is -0.491 e. The Kier molecular flexibility index (Phi) is 11.1. The largest absolute Gasteiger partial charge is 0.491 e. The number of benzene rings is 1. The second kappa shape index (κ2) is 14.6. The fourth-order valence-electron chi connectivity index (χ4n) is 6.54. The van der Waals surface area contributed by atoms with Crippen LogP contribution in [0.15, 0.2) is 29.2 Å². The number of fused-ring (bicyclic) bond motifs is 1. The van der Waals surface area contributed by atoms with Gasteiger partial charge in [0, 0.05) is 61.9 Å². The van der Waals surface area contributed by atoms with Gasteiger partial charge in [-0.15, -0.1) is 5.54 Å². The van der Waals surface area contributed by atoms with Gasteiger partial charge in [-0.05, 0) is 55.6 Å². The Morgan fingerprint density at radius 1 is 1.07 bits per heavy atom. The number of H-pyrrole nitrogens is 1. The van der Waals surface area contributed by atoms with E-state index in [0.717, 1.165) is 55.1 Å². The van der Waals surface area contributed by atoms with E-state index in [1.54, 1.807) is 6.20 Å². The number of rotatable bonds is 11. The minimum atomic E-state index is -2.00. The maximum absolute atomic E-state index is 13.0. The van der Waals surface area contributed by atoms with Crippen LogP contribution in [0.5, 0.6) is 5.75 Å². The number of hydrogen-bond acceptors (Lipinski definition) is 8. The first-order chi connectivity index (χ1) is 21.0. The molecule has 0 bridgehead atoms. The van der Waals surface area contributed by atoms with E-state index in [2.05, 4.69) is 91.2 Å². The fourth-order valence-corrected chi connectivity index (χ4v) is 11.8. The maximum atomic E-state index is 13.0. The van der Waals surface area contributed by atoms with Crippen molar-refractivity contribution in [3.8, 4) is 17.2 Å². The topological polar surface area (TPSA) is 107 Å². The lowest BCUT2D eigenvalue weighted by Crippen LogP contribution is -2.44. The number of aromatic amines is 1. The zero-order chi connectivity index (χ0) is 32.0. The molecule has 0 amide bonds. The molecule has 3 heterocycles. The second-order valence-corrected chi connectivity index (χ2v) is 18.5. The summed E-state index contributed by atoms with van der Waals surface area (Å²) < 4.78 is 6.21. The van der Waals surface area contributed by atoms with Crippen LogP contribution < -0.4 is 20.5 Å². The van der Waals surface area contributed by atoms with Crippen LogP contribution in [-0.4, -0.2) is 79.5 Å². The van der Waals surface area contributed by atoms with Crippen molar-refractivity contribution in [3.63, 3.8) is 0 Å². The van der Waals surface area contributed by atoms with Crippen molar-refractivity contribution in [2.75, 3.05) is 56.7 Å². The second-order valence-electron chi connectivity index (χ2n) is 12.9. The van der Waals surface area contributed by atoms with Gasteiger partial charge in [-0.1, -0.05) is 47.5 Å². The summed E-state index contributed by atoms with van der Waals surface area (Å²) in [7, 11) is 0.144. The van der Waals surface area contributed by atoms with Crippen LogP contribution >= 0.6 is 0 Å². The molecule has 1 fully saturated rings. The lowest BCUT2D eigenvalue weighted by atomic mass is 10.1. The number of aliphatic hydroxyl groups is 1. The van der Waals surface area contributed by atoms with Crippen molar-refractivity contribution in [1.82, 2.24) is 19.9 Å². The van der Waals surface area contributed by atoms with Gasteiger partial charge in [-0.25, -0.2) is 4.98 Å². The number of nitrogens with one attached hydrogen (secondary N) is 2. The standard InChI is InChI=1S/C34H50N6O3Si/c1-23(2)44(24(3)4,25(5)6)20-13-28-26(7)33(42)37-32-29(28)22-35-34(38-32)36-27-11-12-30(40-16-14-39(8)15-17-40)31(21-27)43-19-10-9-18-41/h11-12,21-25,41H,9-10,14-19H2,1-8H3,(H2,35,36,37,38,42). The van der Waals surface area contributed by atoms with E-state index in [0.29, 0.717) is 52.4 Å². The van der Waals surface area contributed by atoms with Crippen molar-refractivity contribution in [1.29, 1.82) is 0 Å². The summed E-state index contributed by atoms with van der Waals surface area (Å²) in [5.74, 6) is 4.64. The number of likely N-dealkylation sites (N-methyl/N-ethyl adjacent to an activating group) is 1. The van der Waals surface area contributed by atoms with Crippen molar-refractivity contribution in [3.05, 3.63) is 45.9 Å². The molecule has 238 valence electrons. The molecule has 0 radical (unpaired) electrons. The Bertz CT molecular complexity index is 1530. The maximum Gasteiger partial charge on any atom is 0.253 e. The molecule has 9 nitrogen and oxygen atoms in total. The summed E-state index contributed by atoms with van der Waals surface area (Å²) in [5, 5.41) is 13.2. The molecule has 3 N–H and O–H groups in total. The summed E-state index contributed by atoms with van der Waals surface area (Å²) in [6, 6.07) is 6.05. The number of aromatic nitrogens is 3. The fraction of sp³-hybridized carbons (Fsp3) is 0.559. The number of ether oxygens (including phenoxy) is 1. The van der Waals surface area contributed by atoms with Gasteiger partial charge in [0.25, 0.3) is 5.56 Å². The monoisotopic (exact) mass is 618 g/mol. The average molecular weight is 619 g/mol. The van der Waals surface area contributed by atoms with E-state index in [1.165, 1.54) is 0 Å². The molecule has 3 aromatic rings. The van der Waals surface area contributed by atoms with Crippen LogP contribution in [0.4, 0.5) is 17.3 Å². The van der Waals surface area contributed by atoms with E-state index < -0.39 is 8.07 Å². The molecule has 0 atom stereocenters. The van der Waals surface area contributed by atoms with E-state index >= 15 is 0 Å². The highest BCUT2D eigenvalue weighted by atomic mass is 28.3. The van der Waals surface area contributed by atoms with Gasteiger partial charge in [-0.2, -0.15) is 4.98 Å². The molecule has 0 spiro atoms. The number of hydrogen-bond donors (Lipinski definition) is 3. The van der Waals surface area contributed by atoms with Crippen LogP contribution in [0.25, 0.3) is 11.0 Å². The molecule has 0 saturated carbocycles. The Balaban J connectivity index is 1.68. The normalized spacial score (nSPS) is 14.4. The molecule has 10 heteroatoms. The molecule has 0 unspecified atom stereocenters. The predicted molar refractivity (Wildman–Crippen MR) is 184 cm³/mol. The molecular formula is C34H50N6O3Si. The lowest BCUT2D eigenvalue weighted by Gasteiger charge is -2.38. The van der Waals surface area contributed by atoms with Gasteiger partial charge in [-0.3, -0.25) is 4.79 Å². The van der Waals surface area contributed by atoms with E-state index in [4.69, 9.17) is 9.72 Å². The Morgan fingerprint density at radius 3 is 2.39 bits per heavy atom. The summed E-state index contributed by atoms with van der Waals surface area (Å²) in [6.45, 7) is 20.1. The van der Waals surface area contributed by atoms with Gasteiger partial charge < -0.3 is 29.9 Å². The van der Waals surface area contributed by atoms with Gasteiger partial charge in [0.05, 0.1) is 17.7 Å². The van der Waals surface area contributed by atoms with Crippen molar-refractivity contribution in [2.24, 2.45) is 0 Å². The number of unbranched alkanes of at least 4 members (excludes halogenated alkanes) is 1. The molecule has 44 heavy (non-hydrogen) atoms. The van der Waals surface area contributed by atoms with Crippen LogP contribution in [0.1, 0.15) is 65.5 Å². The SMILES string of the molecule is Cc1c(C#C[Si](C(C)C)(C(C)C)C(C)C)c2cnc(Nc3ccc(N4CCN(C)CC4)c(OCCCCO)c3)nc2[nH]c1=O. The third-order valence-electron chi connectivity index (χ3n) is 9.15. The molecule has 0 aliphatic carbocycles. The summed E-state index contributed by atoms with van der Waals surface area (Å²) in [4.78, 5) is 30.0. The Hall–Kier alpha value is -3.39. The highest BCUT2D eigenvalue weighted by Crippen LogP contribution is 2.41. The number of nitrogens with zero attached hydrogens (tertiary/aromatic N) is 4. The Labute approximate surface area is 263 Å². The third-order valence-corrected chi connectivity index (χ3v) is 15.4. The highest BCUT2D eigenvalue weighted by molar-refractivity contribution is 6.90. The van der Waals surface area contributed by atoms with Crippen LogP contribution in [0.2, 0.25) is 16.6 Å². The number of anilines is 3. The molecule has 1 aliphatic heterocycles. The molecule has 4 rings (SSSR count). The predicted octanol–water partition coefficient (Wildman–Crippen LogP) is 5.84. The van der Waals surface area contributed by atoms with Crippen molar-refractivity contribution < 1.29 is 9.84 Å². The van der Waals surface area contributed by atoms with E-state index in [-0.39, 0.29) is 12.2 Å². The van der Waals surface area contributed by atoms with Crippen LogP contribution in [-0.2, 0) is 0 Å². The summed E-state index contributed by atoms with van der Waals surface area (Å²) >= 11 is 0. The number of piperazine rings is 1. The molecule has 1 aliphatic rings. The van der Waals surface area contributed by atoms with Gasteiger partial charge in [0.15, 0.2) is 0 Å². The Morgan fingerprint density at radius 2 is 1.75 bits per heavy atom. The summed E-state index contributed by atoms with van der Waals surface area (Å²) in [6.07, 6.45) is 3.23. The van der Waals surface area contributed by atoms with Crippen molar-refractivity contribution in [2.45, 2.75) is 77.9 Å². The van der Waals surface area contributed by atoms with Gasteiger partial charge in [0.2, 0.25) is 5.95 Å². The molecule has 2 aromatic heterocycles. The summed E-state index contributed by atoms with van der Waals surface area (Å²) in [5.41, 5.74) is 8.64. The number of aliphatic hydroxyl groups excluding tert-OH is 1. The van der Waals surface area contributed by atoms with Crippen LogP contribution in [0, 0.1) is 18.4 Å². The first-order valence-electron chi connectivity index (χ1n) is 16.0. The van der Waals surface area contributed by atoms with E-state index in [9.17, 15) is 9.90 Å². The molecular weight excluding hydrogens is 568 g/mol. The highest BCUT2D eigenvalue weighted by Gasteiger charge is 2.41. The first kappa shape index (κ1) is 33.5. The van der Waals surface area contributed by atoms with Crippen LogP contribution in [0.3, 0.4) is 0 Å². The average Bonchev–Trinajstić information content (AvgIpc) is 2.97. The minimum absolute atomic E-state index is 0.153. The van der Waals surface area contributed by atoms with Crippen molar-refractivity contribution >= 4 is 36.4 Å². The smallest absolute Gasteiger partial charge is 0.253 e. The van der Waals surface area contributed by atoms with E-state index in [1.807, 2.05) is 19.1 Å². The van der Waals surface area contributed by atoms with Gasteiger partial charge >= 0.3 is 0 Å². The number of pyridine rings is 1. The zero-order valence-electron chi connectivity index (χ0n) is 27.8. The first-order valence-corrected chi connectivity index (χ1v) is 18.2. The molecule has 1 saturated heterocycles. The quantitative estimate of drug-likeness (QED) is 0.140. The molecule has 1 aromatic carbocycles.